The lowest BCUT2D eigenvalue weighted by atomic mass is 10.1. The summed E-state index contributed by atoms with van der Waals surface area (Å²) >= 11 is 5.40. The molecule has 0 saturated carbocycles. The van der Waals surface area contributed by atoms with E-state index in [2.05, 4.69) is 50.2 Å². The van der Waals surface area contributed by atoms with Crippen molar-refractivity contribution in [2.24, 2.45) is 0 Å². The maximum Gasteiger partial charge on any atom is 0.0978 e. The van der Waals surface area contributed by atoms with E-state index in [1.807, 2.05) is 11.3 Å². The molecule has 1 aliphatic rings. The van der Waals surface area contributed by atoms with Crippen molar-refractivity contribution in [1.29, 1.82) is 5.26 Å². The molecule has 0 bridgehead atoms. The van der Waals surface area contributed by atoms with E-state index < -0.39 is 0 Å². The summed E-state index contributed by atoms with van der Waals surface area (Å²) in [5.41, 5.74) is 0. The molecule has 1 unspecified atom stereocenters. The molecule has 0 N–H and O–H groups in total. The van der Waals surface area contributed by atoms with Crippen LogP contribution in [0.1, 0.15) is 24.6 Å². The van der Waals surface area contributed by atoms with Gasteiger partial charge in [0.2, 0.25) is 0 Å². The van der Waals surface area contributed by atoms with Crippen LogP contribution in [0.15, 0.2) is 15.9 Å². The molecule has 1 saturated heterocycles. The number of piperazine rings is 1. The van der Waals surface area contributed by atoms with E-state index in [0.717, 1.165) is 45.6 Å². The molecule has 1 fully saturated rings. The Morgan fingerprint density at radius 1 is 1.42 bits per heavy atom. The van der Waals surface area contributed by atoms with Gasteiger partial charge in [-0.3, -0.25) is 9.80 Å². The summed E-state index contributed by atoms with van der Waals surface area (Å²) in [5, 5.41) is 11.3. The molecular weight excluding hydrogens is 322 g/mol. The molecule has 1 aromatic heterocycles. The van der Waals surface area contributed by atoms with Gasteiger partial charge in [0.15, 0.2) is 0 Å². The number of thiophene rings is 1. The summed E-state index contributed by atoms with van der Waals surface area (Å²) in [7, 11) is 0. The standard InChI is InChI=1S/C14H20BrN3S/c1-2-3-12(10-16)18-7-5-17(6-8-18)11-14-13(15)4-9-19-14/h4,9,12H,2-3,5-8,11H2,1H3. The quantitative estimate of drug-likeness (QED) is 0.822. The summed E-state index contributed by atoms with van der Waals surface area (Å²) in [5.74, 6) is 0. The first-order chi connectivity index (χ1) is 9.24. The van der Waals surface area contributed by atoms with Crippen LogP contribution in [-0.4, -0.2) is 42.0 Å². The monoisotopic (exact) mass is 341 g/mol. The third kappa shape index (κ3) is 4.03. The fourth-order valence-electron chi connectivity index (χ4n) is 2.48. The number of halogens is 1. The number of nitrogens with zero attached hydrogens (tertiary/aromatic N) is 3. The van der Waals surface area contributed by atoms with Gasteiger partial charge in [-0.2, -0.15) is 5.26 Å². The second-order valence-electron chi connectivity index (χ2n) is 4.94. The topological polar surface area (TPSA) is 30.3 Å². The minimum Gasteiger partial charge on any atom is -0.296 e. The Morgan fingerprint density at radius 2 is 2.16 bits per heavy atom. The summed E-state index contributed by atoms with van der Waals surface area (Å²) in [6, 6.07) is 4.67. The second kappa shape index (κ2) is 7.39. The summed E-state index contributed by atoms with van der Waals surface area (Å²) in [6.07, 6.45) is 2.08. The average Bonchev–Trinajstić information content (AvgIpc) is 2.83. The van der Waals surface area contributed by atoms with Crippen molar-refractivity contribution in [2.45, 2.75) is 32.4 Å². The van der Waals surface area contributed by atoms with Gasteiger partial charge in [0.25, 0.3) is 0 Å². The van der Waals surface area contributed by atoms with Crippen molar-refractivity contribution in [3.63, 3.8) is 0 Å². The Labute approximate surface area is 127 Å². The molecule has 0 radical (unpaired) electrons. The highest BCUT2D eigenvalue weighted by atomic mass is 79.9. The van der Waals surface area contributed by atoms with E-state index in [1.54, 1.807) is 0 Å². The van der Waals surface area contributed by atoms with Crippen LogP contribution in [0.2, 0.25) is 0 Å². The van der Waals surface area contributed by atoms with Gasteiger partial charge in [-0.1, -0.05) is 13.3 Å². The molecule has 1 aromatic rings. The van der Waals surface area contributed by atoms with E-state index in [-0.39, 0.29) is 6.04 Å². The molecular formula is C14H20BrN3S. The summed E-state index contributed by atoms with van der Waals surface area (Å²) in [4.78, 5) is 6.22. The molecule has 104 valence electrons. The molecule has 0 amide bonds. The predicted octanol–water partition coefficient (Wildman–Crippen LogP) is 3.32. The van der Waals surface area contributed by atoms with Gasteiger partial charge >= 0.3 is 0 Å². The van der Waals surface area contributed by atoms with Gasteiger partial charge in [0, 0.05) is 42.1 Å². The van der Waals surface area contributed by atoms with Crippen LogP contribution in [-0.2, 0) is 6.54 Å². The normalized spacial score (nSPS) is 19.2. The Balaban J connectivity index is 1.82. The number of hydrogen-bond donors (Lipinski definition) is 0. The van der Waals surface area contributed by atoms with E-state index in [9.17, 15) is 5.26 Å². The average molecular weight is 342 g/mol. The van der Waals surface area contributed by atoms with Crippen molar-refractivity contribution < 1.29 is 0 Å². The van der Waals surface area contributed by atoms with Crippen LogP contribution < -0.4 is 0 Å². The fraction of sp³-hybridized carbons (Fsp3) is 0.643. The lowest BCUT2D eigenvalue weighted by Crippen LogP contribution is -2.49. The van der Waals surface area contributed by atoms with Crippen molar-refractivity contribution >= 4 is 27.3 Å². The maximum absolute atomic E-state index is 9.21. The first-order valence-corrected chi connectivity index (χ1v) is 8.49. The molecule has 3 nitrogen and oxygen atoms in total. The molecule has 0 aromatic carbocycles. The SMILES string of the molecule is CCCC(C#N)N1CCN(Cc2sccc2Br)CC1. The predicted molar refractivity (Wildman–Crippen MR) is 83.2 cm³/mol. The number of nitriles is 1. The van der Waals surface area contributed by atoms with Gasteiger partial charge in [-0.05, 0) is 33.8 Å². The molecule has 1 aliphatic heterocycles. The third-order valence-corrected chi connectivity index (χ3v) is 5.53. The highest BCUT2D eigenvalue weighted by Gasteiger charge is 2.23. The first-order valence-electron chi connectivity index (χ1n) is 6.82. The third-order valence-electron chi connectivity index (χ3n) is 3.62. The van der Waals surface area contributed by atoms with Crippen molar-refractivity contribution in [1.82, 2.24) is 9.80 Å². The zero-order valence-electron chi connectivity index (χ0n) is 11.3. The molecule has 0 spiro atoms. The number of rotatable bonds is 5. The summed E-state index contributed by atoms with van der Waals surface area (Å²) < 4.78 is 1.22. The highest BCUT2D eigenvalue weighted by Crippen LogP contribution is 2.24. The smallest absolute Gasteiger partial charge is 0.0978 e. The highest BCUT2D eigenvalue weighted by molar-refractivity contribution is 9.10. The Bertz CT molecular complexity index is 432. The van der Waals surface area contributed by atoms with Crippen LogP contribution in [0.25, 0.3) is 0 Å². The minimum atomic E-state index is 0.112. The fourth-order valence-corrected chi connectivity index (χ4v) is 4.00. The Morgan fingerprint density at radius 3 is 2.68 bits per heavy atom. The van der Waals surface area contributed by atoms with Crippen LogP contribution in [0.5, 0.6) is 0 Å². The largest absolute Gasteiger partial charge is 0.296 e. The molecule has 2 rings (SSSR count). The lowest BCUT2D eigenvalue weighted by molar-refractivity contribution is 0.107. The zero-order chi connectivity index (χ0) is 13.7. The van der Waals surface area contributed by atoms with Crippen molar-refractivity contribution in [3.05, 3.63) is 20.8 Å². The molecule has 0 aliphatic carbocycles. The Kier molecular flexibility index (Phi) is 5.83. The van der Waals surface area contributed by atoms with Gasteiger partial charge < -0.3 is 0 Å². The molecule has 19 heavy (non-hydrogen) atoms. The van der Waals surface area contributed by atoms with E-state index in [1.165, 1.54) is 9.35 Å². The molecule has 2 heterocycles. The van der Waals surface area contributed by atoms with Gasteiger partial charge in [-0.25, -0.2) is 0 Å². The van der Waals surface area contributed by atoms with E-state index in [4.69, 9.17) is 0 Å². The first kappa shape index (κ1) is 15.0. The Hall–Kier alpha value is -0.410. The van der Waals surface area contributed by atoms with E-state index in [0.29, 0.717) is 0 Å². The van der Waals surface area contributed by atoms with Crippen LogP contribution in [0.3, 0.4) is 0 Å². The van der Waals surface area contributed by atoms with Crippen molar-refractivity contribution in [3.8, 4) is 6.07 Å². The van der Waals surface area contributed by atoms with Crippen LogP contribution in [0.4, 0.5) is 0 Å². The summed E-state index contributed by atoms with van der Waals surface area (Å²) in [6.45, 7) is 7.33. The van der Waals surface area contributed by atoms with Gasteiger partial charge in [0.1, 0.15) is 0 Å². The maximum atomic E-state index is 9.21. The van der Waals surface area contributed by atoms with E-state index >= 15 is 0 Å². The van der Waals surface area contributed by atoms with Crippen molar-refractivity contribution in [2.75, 3.05) is 26.2 Å². The zero-order valence-corrected chi connectivity index (χ0v) is 13.7. The van der Waals surface area contributed by atoms with Gasteiger partial charge in [0.05, 0.1) is 12.1 Å². The molecule has 5 heteroatoms. The minimum absolute atomic E-state index is 0.112. The lowest BCUT2D eigenvalue weighted by Gasteiger charge is -2.36. The van der Waals surface area contributed by atoms with Crippen LogP contribution >= 0.6 is 27.3 Å². The second-order valence-corrected chi connectivity index (χ2v) is 6.79. The number of hydrogen-bond acceptors (Lipinski definition) is 4. The van der Waals surface area contributed by atoms with Gasteiger partial charge in [-0.15, -0.1) is 11.3 Å². The molecule has 1 atom stereocenters. The van der Waals surface area contributed by atoms with Crippen LogP contribution in [0, 0.1) is 11.3 Å².